The van der Waals surface area contributed by atoms with Gasteiger partial charge in [0.15, 0.2) is 0 Å². The zero-order valence-corrected chi connectivity index (χ0v) is 21.7. The van der Waals surface area contributed by atoms with E-state index in [1.807, 2.05) is 31.2 Å². The van der Waals surface area contributed by atoms with Gasteiger partial charge >= 0.3 is 12.0 Å². The van der Waals surface area contributed by atoms with Gasteiger partial charge in [0.25, 0.3) is 11.8 Å². The van der Waals surface area contributed by atoms with E-state index in [4.69, 9.17) is 9.47 Å². The maximum atomic E-state index is 13.3. The molecule has 0 saturated carbocycles. The molecule has 0 aromatic heterocycles. The fourth-order valence-electron chi connectivity index (χ4n) is 3.62. The summed E-state index contributed by atoms with van der Waals surface area (Å²) in [5.41, 5.74) is 2.79. The third kappa shape index (κ3) is 5.95. The van der Waals surface area contributed by atoms with Crippen LogP contribution in [-0.2, 0) is 20.9 Å². The highest BCUT2D eigenvalue weighted by atomic mass is 79.9. The predicted molar refractivity (Wildman–Crippen MR) is 141 cm³/mol. The average Bonchev–Trinajstić information content (AvgIpc) is 2.87. The van der Waals surface area contributed by atoms with E-state index in [-0.39, 0.29) is 30.0 Å². The van der Waals surface area contributed by atoms with Crippen LogP contribution in [0.15, 0.2) is 76.8 Å². The van der Waals surface area contributed by atoms with E-state index >= 15 is 0 Å². The normalized spacial score (nSPS) is 14.5. The minimum Gasteiger partial charge on any atom is -0.488 e. The number of anilines is 1. The Kier molecular flexibility index (Phi) is 7.83. The summed E-state index contributed by atoms with van der Waals surface area (Å²) < 4.78 is 11.7. The Morgan fingerprint density at radius 1 is 1.00 bits per heavy atom. The summed E-state index contributed by atoms with van der Waals surface area (Å²) in [5.74, 6) is -1.69. The van der Waals surface area contributed by atoms with E-state index in [1.54, 1.807) is 25.1 Å². The maximum Gasteiger partial charge on any atom is 0.338 e. The van der Waals surface area contributed by atoms with Gasteiger partial charge in [0.05, 0.1) is 17.9 Å². The van der Waals surface area contributed by atoms with Crippen molar-refractivity contribution in [2.24, 2.45) is 0 Å². The number of benzene rings is 3. The number of halogens is 1. The van der Waals surface area contributed by atoms with Crippen LogP contribution in [-0.4, -0.2) is 30.4 Å². The van der Waals surface area contributed by atoms with Crippen LogP contribution in [0.25, 0.3) is 6.08 Å². The van der Waals surface area contributed by atoms with Crippen LogP contribution in [0.4, 0.5) is 10.5 Å². The number of carbonyl (C=O) groups excluding carboxylic acids is 4. The van der Waals surface area contributed by atoms with Crippen LogP contribution >= 0.6 is 15.9 Å². The first-order valence-electron chi connectivity index (χ1n) is 11.4. The highest BCUT2D eigenvalue weighted by molar-refractivity contribution is 9.10. The molecule has 1 fully saturated rings. The molecule has 8 nitrogen and oxygen atoms in total. The van der Waals surface area contributed by atoms with Gasteiger partial charge in [-0.3, -0.25) is 14.9 Å². The molecule has 1 N–H and O–H groups in total. The van der Waals surface area contributed by atoms with Crippen molar-refractivity contribution in [3.8, 4) is 5.75 Å². The minimum absolute atomic E-state index is 0.194. The number of barbiturate groups is 1. The molecule has 3 aromatic rings. The molecule has 4 rings (SSSR count). The number of carbonyl (C=O) groups is 4. The number of esters is 1. The van der Waals surface area contributed by atoms with Gasteiger partial charge in [0.1, 0.15) is 17.9 Å². The van der Waals surface area contributed by atoms with Crippen molar-refractivity contribution in [3.63, 3.8) is 0 Å². The number of aryl methyl sites for hydroxylation is 1. The molecule has 3 aromatic carbocycles. The Hall–Kier alpha value is -4.24. The molecule has 0 radical (unpaired) electrons. The quantitative estimate of drug-likeness (QED) is 0.242. The largest absolute Gasteiger partial charge is 0.488 e. The van der Waals surface area contributed by atoms with E-state index in [9.17, 15) is 19.2 Å². The number of imide groups is 2. The van der Waals surface area contributed by atoms with Gasteiger partial charge in [-0.1, -0.05) is 45.8 Å². The SMILES string of the molecule is CCOC(=O)c1ccc(N2C(=O)NC(=O)/C(=C\c3cc(Br)ccc3OCc3ccc(C)cc3)C2=O)cc1. The minimum atomic E-state index is -0.888. The number of amides is 4. The molecule has 0 spiro atoms. The summed E-state index contributed by atoms with van der Waals surface area (Å²) in [4.78, 5) is 51.3. The second-order valence-electron chi connectivity index (χ2n) is 8.18. The summed E-state index contributed by atoms with van der Waals surface area (Å²) in [6, 6.07) is 18.0. The van der Waals surface area contributed by atoms with Gasteiger partial charge in [0.2, 0.25) is 0 Å². The van der Waals surface area contributed by atoms with Crippen molar-refractivity contribution in [1.29, 1.82) is 0 Å². The monoisotopic (exact) mass is 562 g/mol. The summed E-state index contributed by atoms with van der Waals surface area (Å²) in [7, 11) is 0. The molecule has 1 heterocycles. The topological polar surface area (TPSA) is 102 Å². The van der Waals surface area contributed by atoms with Gasteiger partial charge in [-0.2, -0.15) is 0 Å². The van der Waals surface area contributed by atoms with Crippen LogP contribution in [0.3, 0.4) is 0 Å². The maximum absolute atomic E-state index is 13.3. The molecule has 0 bridgehead atoms. The third-order valence-electron chi connectivity index (χ3n) is 5.52. The van der Waals surface area contributed by atoms with Gasteiger partial charge in [-0.25, -0.2) is 14.5 Å². The molecule has 0 aliphatic carbocycles. The smallest absolute Gasteiger partial charge is 0.338 e. The molecule has 1 aliphatic heterocycles. The molecule has 0 atom stereocenters. The van der Waals surface area contributed by atoms with Gasteiger partial charge in [-0.15, -0.1) is 0 Å². The van der Waals surface area contributed by atoms with E-state index in [2.05, 4.69) is 21.2 Å². The lowest BCUT2D eigenvalue weighted by Crippen LogP contribution is -2.54. The Bertz CT molecular complexity index is 1400. The number of hydrogen-bond donors (Lipinski definition) is 1. The summed E-state index contributed by atoms with van der Waals surface area (Å²) in [6.45, 7) is 4.20. The second kappa shape index (κ2) is 11.2. The van der Waals surface area contributed by atoms with Crippen LogP contribution in [0.5, 0.6) is 5.75 Å². The Morgan fingerprint density at radius 2 is 1.70 bits per heavy atom. The van der Waals surface area contributed by atoms with Crippen molar-refractivity contribution < 1.29 is 28.7 Å². The summed E-state index contributed by atoms with van der Waals surface area (Å²) in [5, 5.41) is 2.20. The highest BCUT2D eigenvalue weighted by Crippen LogP contribution is 2.29. The van der Waals surface area contributed by atoms with Gasteiger partial charge in [0, 0.05) is 10.0 Å². The Balaban J connectivity index is 1.62. The number of nitrogens with zero attached hydrogens (tertiary/aromatic N) is 1. The first-order valence-corrected chi connectivity index (χ1v) is 12.2. The van der Waals surface area contributed by atoms with E-state index in [1.165, 1.54) is 30.3 Å². The van der Waals surface area contributed by atoms with Crippen LogP contribution < -0.4 is 15.0 Å². The Labute approximate surface area is 222 Å². The number of nitrogens with one attached hydrogen (secondary N) is 1. The molecule has 0 unspecified atom stereocenters. The molecular weight excluding hydrogens is 540 g/mol. The Morgan fingerprint density at radius 3 is 2.38 bits per heavy atom. The fraction of sp³-hybridized carbons (Fsp3) is 0.143. The standard InChI is InChI=1S/C28H23BrN2O6/c1-3-36-27(34)19-8-11-22(12-9-19)31-26(33)23(25(32)30-28(31)35)15-20-14-21(29)10-13-24(20)37-16-18-6-4-17(2)5-7-18/h4-15H,3,16H2,1-2H3,(H,30,32,35)/b23-15+. The van der Waals surface area contributed by atoms with Gasteiger partial charge in [-0.05, 0) is 68.0 Å². The highest BCUT2D eigenvalue weighted by Gasteiger charge is 2.37. The molecule has 37 heavy (non-hydrogen) atoms. The first kappa shape index (κ1) is 25.8. The number of rotatable bonds is 7. The lowest BCUT2D eigenvalue weighted by molar-refractivity contribution is -0.122. The molecule has 4 amide bonds. The summed E-state index contributed by atoms with van der Waals surface area (Å²) in [6.07, 6.45) is 1.39. The van der Waals surface area contributed by atoms with Crippen LogP contribution in [0, 0.1) is 6.92 Å². The van der Waals surface area contributed by atoms with Crippen LogP contribution in [0.2, 0.25) is 0 Å². The van der Waals surface area contributed by atoms with Crippen molar-refractivity contribution in [2.45, 2.75) is 20.5 Å². The lowest BCUT2D eigenvalue weighted by atomic mass is 10.1. The zero-order valence-electron chi connectivity index (χ0n) is 20.1. The van der Waals surface area contributed by atoms with Crippen molar-refractivity contribution in [2.75, 3.05) is 11.5 Å². The predicted octanol–water partition coefficient (Wildman–Crippen LogP) is 5.18. The lowest BCUT2D eigenvalue weighted by Gasteiger charge is -2.26. The zero-order chi connectivity index (χ0) is 26.5. The summed E-state index contributed by atoms with van der Waals surface area (Å²) >= 11 is 3.41. The number of ether oxygens (including phenoxy) is 2. The number of urea groups is 1. The third-order valence-corrected chi connectivity index (χ3v) is 6.02. The van der Waals surface area contributed by atoms with Gasteiger partial charge < -0.3 is 9.47 Å². The first-order chi connectivity index (χ1) is 17.8. The van der Waals surface area contributed by atoms with Crippen molar-refractivity contribution in [1.82, 2.24) is 5.32 Å². The van der Waals surface area contributed by atoms with E-state index in [0.29, 0.717) is 15.8 Å². The molecule has 1 saturated heterocycles. The molecule has 9 heteroatoms. The molecular formula is C28H23BrN2O6. The molecule has 1 aliphatic rings. The van der Waals surface area contributed by atoms with Crippen LogP contribution in [0.1, 0.15) is 34.0 Å². The van der Waals surface area contributed by atoms with E-state index in [0.717, 1.165) is 16.0 Å². The second-order valence-corrected chi connectivity index (χ2v) is 9.10. The number of hydrogen-bond acceptors (Lipinski definition) is 6. The average molecular weight is 563 g/mol. The van der Waals surface area contributed by atoms with E-state index < -0.39 is 23.8 Å². The molecule has 188 valence electrons. The van der Waals surface area contributed by atoms with Crippen molar-refractivity contribution in [3.05, 3.63) is 99.0 Å². The fourth-order valence-corrected chi connectivity index (χ4v) is 4.00. The van der Waals surface area contributed by atoms with Crippen molar-refractivity contribution >= 4 is 51.5 Å².